The van der Waals surface area contributed by atoms with Gasteiger partial charge in [-0.1, -0.05) is 13.8 Å². The molecule has 0 heterocycles. The van der Waals surface area contributed by atoms with Gasteiger partial charge in [-0.2, -0.15) is 0 Å². The SMILES string of the molecule is COCCC(C)(C)CNC(=O)c1ccc(O)cc1C. The molecule has 1 rings (SSSR count). The van der Waals surface area contributed by atoms with E-state index in [-0.39, 0.29) is 17.1 Å². The van der Waals surface area contributed by atoms with Crippen molar-refractivity contribution in [3.63, 3.8) is 0 Å². The van der Waals surface area contributed by atoms with Crippen LogP contribution in [0.15, 0.2) is 18.2 Å². The number of nitrogens with one attached hydrogen (secondary N) is 1. The number of aryl methyl sites for hydroxylation is 1. The van der Waals surface area contributed by atoms with Gasteiger partial charge in [0.15, 0.2) is 0 Å². The van der Waals surface area contributed by atoms with Gasteiger partial charge in [-0.05, 0) is 42.5 Å². The third-order valence-electron chi connectivity index (χ3n) is 3.17. The fourth-order valence-electron chi connectivity index (χ4n) is 1.78. The summed E-state index contributed by atoms with van der Waals surface area (Å²) in [6.07, 6.45) is 0.887. The van der Waals surface area contributed by atoms with Crippen molar-refractivity contribution in [2.45, 2.75) is 27.2 Å². The van der Waals surface area contributed by atoms with E-state index in [4.69, 9.17) is 4.74 Å². The molecule has 106 valence electrons. The molecule has 1 aromatic carbocycles. The van der Waals surface area contributed by atoms with Crippen molar-refractivity contribution in [1.82, 2.24) is 5.32 Å². The molecule has 1 aromatic rings. The number of phenols is 1. The Hall–Kier alpha value is -1.55. The summed E-state index contributed by atoms with van der Waals surface area (Å²) in [5.41, 5.74) is 1.36. The monoisotopic (exact) mass is 265 g/mol. The van der Waals surface area contributed by atoms with Crippen molar-refractivity contribution in [2.24, 2.45) is 5.41 Å². The first-order valence-electron chi connectivity index (χ1n) is 6.42. The highest BCUT2D eigenvalue weighted by Gasteiger charge is 2.19. The highest BCUT2D eigenvalue weighted by atomic mass is 16.5. The largest absolute Gasteiger partial charge is 0.508 e. The van der Waals surface area contributed by atoms with Crippen LogP contribution in [-0.4, -0.2) is 31.3 Å². The number of benzene rings is 1. The van der Waals surface area contributed by atoms with Crippen molar-refractivity contribution in [3.05, 3.63) is 29.3 Å². The Bertz CT molecular complexity index is 441. The number of rotatable bonds is 6. The zero-order chi connectivity index (χ0) is 14.5. The summed E-state index contributed by atoms with van der Waals surface area (Å²) in [6, 6.07) is 4.76. The molecule has 0 saturated carbocycles. The highest BCUT2D eigenvalue weighted by molar-refractivity contribution is 5.95. The molecule has 0 atom stereocenters. The van der Waals surface area contributed by atoms with Gasteiger partial charge in [0, 0.05) is 25.8 Å². The summed E-state index contributed by atoms with van der Waals surface area (Å²) in [4.78, 5) is 12.1. The quantitative estimate of drug-likeness (QED) is 0.831. The Balaban J connectivity index is 2.60. The smallest absolute Gasteiger partial charge is 0.251 e. The second kappa shape index (κ2) is 6.57. The van der Waals surface area contributed by atoms with Crippen LogP contribution in [0.2, 0.25) is 0 Å². The summed E-state index contributed by atoms with van der Waals surface area (Å²) < 4.78 is 5.06. The number of aromatic hydroxyl groups is 1. The molecule has 4 nitrogen and oxygen atoms in total. The summed E-state index contributed by atoms with van der Waals surface area (Å²) in [7, 11) is 1.68. The molecule has 0 aromatic heterocycles. The van der Waals surface area contributed by atoms with E-state index in [1.807, 2.05) is 6.92 Å². The fraction of sp³-hybridized carbons (Fsp3) is 0.533. The molecule has 0 saturated heterocycles. The van der Waals surface area contributed by atoms with E-state index in [0.717, 1.165) is 12.0 Å². The van der Waals surface area contributed by atoms with E-state index in [1.165, 1.54) is 6.07 Å². The highest BCUT2D eigenvalue weighted by Crippen LogP contribution is 2.20. The standard InChI is InChI=1S/C15H23NO3/c1-11-9-12(17)5-6-13(11)14(18)16-10-15(2,3)7-8-19-4/h5-6,9,17H,7-8,10H2,1-4H3,(H,16,18). The average Bonchev–Trinajstić information content (AvgIpc) is 2.34. The molecule has 2 N–H and O–H groups in total. The van der Waals surface area contributed by atoms with Gasteiger partial charge in [0.05, 0.1) is 0 Å². The molecule has 0 aliphatic heterocycles. The Labute approximate surface area is 114 Å². The van der Waals surface area contributed by atoms with E-state index < -0.39 is 0 Å². The van der Waals surface area contributed by atoms with Crippen LogP contribution in [0.1, 0.15) is 36.2 Å². The van der Waals surface area contributed by atoms with Crippen molar-refractivity contribution in [1.29, 1.82) is 0 Å². The molecule has 1 amide bonds. The van der Waals surface area contributed by atoms with Crippen molar-refractivity contribution in [2.75, 3.05) is 20.3 Å². The second-order valence-corrected chi connectivity index (χ2v) is 5.59. The lowest BCUT2D eigenvalue weighted by molar-refractivity contribution is 0.0920. The van der Waals surface area contributed by atoms with Gasteiger partial charge in [-0.3, -0.25) is 4.79 Å². The van der Waals surface area contributed by atoms with Gasteiger partial charge in [0.2, 0.25) is 0 Å². The van der Waals surface area contributed by atoms with Crippen LogP contribution < -0.4 is 5.32 Å². The van der Waals surface area contributed by atoms with Gasteiger partial charge in [0.1, 0.15) is 5.75 Å². The lowest BCUT2D eigenvalue weighted by Gasteiger charge is -2.24. The van der Waals surface area contributed by atoms with Crippen LogP contribution in [0.5, 0.6) is 5.75 Å². The van der Waals surface area contributed by atoms with Crippen LogP contribution in [0.25, 0.3) is 0 Å². The lowest BCUT2D eigenvalue weighted by atomic mass is 9.89. The molecule has 0 aliphatic rings. The predicted octanol–water partition coefficient (Wildman–Crippen LogP) is 2.49. The van der Waals surface area contributed by atoms with Crippen LogP contribution in [0.4, 0.5) is 0 Å². The molecule has 19 heavy (non-hydrogen) atoms. The van der Waals surface area contributed by atoms with Crippen LogP contribution >= 0.6 is 0 Å². The Morgan fingerprint density at radius 2 is 2.11 bits per heavy atom. The molecular formula is C15H23NO3. The number of carbonyl (C=O) groups excluding carboxylic acids is 1. The van der Waals surface area contributed by atoms with E-state index in [9.17, 15) is 9.90 Å². The van der Waals surface area contributed by atoms with Gasteiger partial charge in [0.25, 0.3) is 5.91 Å². The van der Waals surface area contributed by atoms with E-state index in [1.54, 1.807) is 19.2 Å². The van der Waals surface area contributed by atoms with Crippen LogP contribution in [-0.2, 0) is 4.74 Å². The minimum absolute atomic E-state index is 0.00348. The molecular weight excluding hydrogens is 242 g/mol. The molecule has 0 aliphatic carbocycles. The maximum atomic E-state index is 12.1. The van der Waals surface area contributed by atoms with Gasteiger partial charge >= 0.3 is 0 Å². The first-order valence-corrected chi connectivity index (χ1v) is 6.42. The maximum Gasteiger partial charge on any atom is 0.251 e. The summed E-state index contributed by atoms with van der Waals surface area (Å²) in [6.45, 7) is 7.27. The third kappa shape index (κ3) is 4.91. The Kier molecular flexibility index (Phi) is 5.36. The average molecular weight is 265 g/mol. The summed E-state index contributed by atoms with van der Waals surface area (Å²) in [5, 5.41) is 12.3. The third-order valence-corrected chi connectivity index (χ3v) is 3.17. The van der Waals surface area contributed by atoms with Crippen molar-refractivity contribution in [3.8, 4) is 5.75 Å². The van der Waals surface area contributed by atoms with Crippen molar-refractivity contribution < 1.29 is 14.6 Å². The molecule has 0 unspecified atom stereocenters. The number of methoxy groups -OCH3 is 1. The number of ether oxygens (including phenoxy) is 1. The maximum absolute atomic E-state index is 12.1. The molecule has 0 fully saturated rings. The van der Waals surface area contributed by atoms with Crippen molar-refractivity contribution >= 4 is 5.91 Å². The number of carbonyl (C=O) groups is 1. The topological polar surface area (TPSA) is 58.6 Å². The number of amides is 1. The van der Waals surface area contributed by atoms with Gasteiger partial charge in [-0.25, -0.2) is 0 Å². The first-order chi connectivity index (χ1) is 8.85. The zero-order valence-electron chi connectivity index (χ0n) is 12.1. The second-order valence-electron chi connectivity index (χ2n) is 5.59. The zero-order valence-corrected chi connectivity index (χ0v) is 12.1. The van der Waals surface area contributed by atoms with Crippen LogP contribution in [0, 0.1) is 12.3 Å². The minimum atomic E-state index is -0.108. The normalized spacial score (nSPS) is 11.4. The minimum Gasteiger partial charge on any atom is -0.508 e. The van der Waals surface area contributed by atoms with E-state index in [0.29, 0.717) is 18.7 Å². The summed E-state index contributed by atoms with van der Waals surface area (Å²) >= 11 is 0. The first kappa shape index (κ1) is 15.5. The molecule has 0 radical (unpaired) electrons. The lowest BCUT2D eigenvalue weighted by Crippen LogP contribution is -2.35. The Morgan fingerprint density at radius 1 is 1.42 bits per heavy atom. The van der Waals surface area contributed by atoms with E-state index >= 15 is 0 Å². The molecule has 4 heteroatoms. The fourth-order valence-corrected chi connectivity index (χ4v) is 1.78. The molecule has 0 spiro atoms. The summed E-state index contributed by atoms with van der Waals surface area (Å²) in [5.74, 6) is 0.0671. The molecule has 0 bridgehead atoms. The number of phenolic OH excluding ortho intramolecular Hbond substituents is 1. The van der Waals surface area contributed by atoms with Gasteiger partial charge < -0.3 is 15.2 Å². The van der Waals surface area contributed by atoms with Gasteiger partial charge in [-0.15, -0.1) is 0 Å². The van der Waals surface area contributed by atoms with E-state index in [2.05, 4.69) is 19.2 Å². The van der Waals surface area contributed by atoms with Crippen LogP contribution in [0.3, 0.4) is 0 Å². The number of hydrogen-bond donors (Lipinski definition) is 2. The number of hydrogen-bond acceptors (Lipinski definition) is 3. The Morgan fingerprint density at radius 3 is 2.68 bits per heavy atom. The predicted molar refractivity (Wildman–Crippen MR) is 75.5 cm³/mol.